The number of hydrogen-bond donors (Lipinski definition) is 1. The molecule has 1 aliphatic heterocycles. The number of carbonyl (C=O) groups is 1. The van der Waals surface area contributed by atoms with Gasteiger partial charge in [-0.2, -0.15) is 4.31 Å². The molecule has 0 aliphatic carbocycles. The highest BCUT2D eigenvalue weighted by Gasteiger charge is 2.34. The number of anilines is 1. The van der Waals surface area contributed by atoms with Crippen LogP contribution in [0.3, 0.4) is 0 Å². The summed E-state index contributed by atoms with van der Waals surface area (Å²) in [5, 5.41) is 5.22. The average Bonchev–Trinajstić information content (AvgIpc) is 3.05. The van der Waals surface area contributed by atoms with E-state index in [9.17, 15) is 13.2 Å². The Morgan fingerprint density at radius 2 is 1.89 bits per heavy atom. The van der Waals surface area contributed by atoms with Crippen molar-refractivity contribution in [1.82, 2.24) is 9.29 Å². The molecule has 6 nitrogen and oxygen atoms in total. The number of piperidine rings is 1. The third kappa shape index (κ3) is 4.39. The monoisotopic (exact) mass is 407 g/mol. The van der Waals surface area contributed by atoms with E-state index in [-0.39, 0.29) is 5.91 Å². The lowest BCUT2D eigenvalue weighted by atomic mass is 9.99. The Balaban J connectivity index is 1.79. The minimum Gasteiger partial charge on any atom is -0.301 e. The number of amides is 1. The van der Waals surface area contributed by atoms with Crippen LogP contribution < -0.4 is 5.32 Å². The molecule has 0 radical (unpaired) electrons. The largest absolute Gasteiger partial charge is 0.301 e. The summed E-state index contributed by atoms with van der Waals surface area (Å²) in [6.45, 7) is 6.58. The van der Waals surface area contributed by atoms with Gasteiger partial charge in [0.2, 0.25) is 15.9 Å². The fourth-order valence-corrected chi connectivity index (χ4v) is 5.28. The number of nitrogens with one attached hydrogen (secondary N) is 1. The third-order valence-corrected chi connectivity index (χ3v) is 7.08. The second kappa shape index (κ2) is 7.69. The van der Waals surface area contributed by atoms with Crippen molar-refractivity contribution in [3.05, 3.63) is 34.2 Å². The van der Waals surface area contributed by atoms with Gasteiger partial charge in [0.05, 0.1) is 11.9 Å². The van der Waals surface area contributed by atoms with Crippen molar-refractivity contribution in [3.8, 4) is 11.3 Å². The van der Waals surface area contributed by atoms with Crippen LogP contribution >= 0.6 is 11.3 Å². The number of nitrogens with zero attached hydrogens (tertiary/aromatic N) is 2. The first kappa shape index (κ1) is 20.0. The molecule has 2 heterocycles. The van der Waals surface area contributed by atoms with Crippen LogP contribution in [0.1, 0.15) is 36.0 Å². The van der Waals surface area contributed by atoms with Gasteiger partial charge in [-0.05, 0) is 56.4 Å². The molecule has 0 spiro atoms. The van der Waals surface area contributed by atoms with Crippen LogP contribution in [0.2, 0.25) is 0 Å². The van der Waals surface area contributed by atoms with Crippen molar-refractivity contribution in [3.63, 3.8) is 0 Å². The first-order valence-corrected chi connectivity index (χ1v) is 11.7. The van der Waals surface area contributed by atoms with E-state index in [1.54, 1.807) is 0 Å². The van der Waals surface area contributed by atoms with Crippen LogP contribution in [-0.2, 0) is 14.8 Å². The molecule has 1 aromatic heterocycles. The molecule has 0 bridgehead atoms. The summed E-state index contributed by atoms with van der Waals surface area (Å²) < 4.78 is 25.2. The van der Waals surface area contributed by atoms with Crippen molar-refractivity contribution < 1.29 is 13.2 Å². The van der Waals surface area contributed by atoms with Crippen molar-refractivity contribution in [2.45, 2.75) is 46.1 Å². The van der Waals surface area contributed by atoms with Crippen molar-refractivity contribution in [2.24, 2.45) is 0 Å². The van der Waals surface area contributed by atoms with Gasteiger partial charge in [0, 0.05) is 17.5 Å². The van der Waals surface area contributed by atoms with E-state index in [4.69, 9.17) is 0 Å². The number of sulfonamides is 1. The normalized spacial score (nSPS) is 18.4. The number of hydrogen-bond acceptors (Lipinski definition) is 5. The predicted octanol–water partition coefficient (Wildman–Crippen LogP) is 3.49. The molecular formula is C19H25N3O3S2. The summed E-state index contributed by atoms with van der Waals surface area (Å²) >= 11 is 1.35. The highest BCUT2D eigenvalue weighted by atomic mass is 32.2. The van der Waals surface area contributed by atoms with Crippen LogP contribution in [-0.4, -0.2) is 42.5 Å². The Morgan fingerprint density at radius 3 is 2.59 bits per heavy atom. The molecule has 8 heteroatoms. The van der Waals surface area contributed by atoms with Crippen LogP contribution in [0.5, 0.6) is 0 Å². The van der Waals surface area contributed by atoms with Crippen molar-refractivity contribution >= 4 is 32.4 Å². The summed E-state index contributed by atoms with van der Waals surface area (Å²) in [6.07, 6.45) is 3.31. The van der Waals surface area contributed by atoms with E-state index >= 15 is 0 Å². The number of thiazole rings is 1. The van der Waals surface area contributed by atoms with E-state index in [0.29, 0.717) is 18.1 Å². The van der Waals surface area contributed by atoms with Gasteiger partial charge in [0.25, 0.3) is 0 Å². The molecule has 1 aliphatic rings. The molecular weight excluding hydrogens is 382 g/mol. The maximum absolute atomic E-state index is 12.7. The summed E-state index contributed by atoms with van der Waals surface area (Å²) in [7, 11) is -3.41. The van der Waals surface area contributed by atoms with Gasteiger partial charge in [0.15, 0.2) is 5.13 Å². The molecule has 146 valence electrons. The Labute approximate surface area is 164 Å². The van der Waals surface area contributed by atoms with Gasteiger partial charge < -0.3 is 5.32 Å². The summed E-state index contributed by atoms with van der Waals surface area (Å²) in [6, 6.07) is 3.58. The lowest BCUT2D eigenvalue weighted by molar-refractivity contribution is -0.120. The lowest BCUT2D eigenvalue weighted by Gasteiger charge is -2.32. The van der Waals surface area contributed by atoms with E-state index in [1.807, 2.05) is 12.3 Å². The third-order valence-electron chi connectivity index (χ3n) is 5.03. The van der Waals surface area contributed by atoms with E-state index in [1.165, 1.54) is 26.8 Å². The molecule has 1 atom stereocenters. The van der Waals surface area contributed by atoms with Crippen LogP contribution in [0.4, 0.5) is 5.13 Å². The van der Waals surface area contributed by atoms with Crippen LogP contribution in [0.25, 0.3) is 11.3 Å². The zero-order valence-electron chi connectivity index (χ0n) is 16.1. The topological polar surface area (TPSA) is 79.4 Å². The maximum Gasteiger partial charge on any atom is 0.244 e. The Bertz CT molecular complexity index is 967. The molecule has 1 aromatic carbocycles. The smallest absolute Gasteiger partial charge is 0.244 e. The summed E-state index contributed by atoms with van der Waals surface area (Å²) in [5.74, 6) is -0.308. The number of rotatable bonds is 4. The fraction of sp³-hybridized carbons (Fsp3) is 0.474. The highest BCUT2D eigenvalue weighted by Crippen LogP contribution is 2.30. The van der Waals surface area contributed by atoms with Crippen LogP contribution in [0.15, 0.2) is 17.5 Å². The Morgan fingerprint density at radius 1 is 1.19 bits per heavy atom. The minimum absolute atomic E-state index is 0.308. The van der Waals surface area contributed by atoms with Crippen molar-refractivity contribution in [1.29, 1.82) is 0 Å². The van der Waals surface area contributed by atoms with E-state index in [0.717, 1.165) is 35.9 Å². The molecule has 27 heavy (non-hydrogen) atoms. The van der Waals surface area contributed by atoms with Gasteiger partial charge in [-0.25, -0.2) is 13.4 Å². The standard InChI is InChI=1S/C19H25N3O3S2/c1-12-9-14(3)15(10-13(12)2)16-11-26-19(20-16)21-18(23)17-7-5-6-8-22(17)27(4,24)25/h9-11,17H,5-8H2,1-4H3,(H,20,21,23). The minimum atomic E-state index is -3.41. The van der Waals surface area contributed by atoms with Gasteiger partial charge >= 0.3 is 0 Å². The first-order valence-electron chi connectivity index (χ1n) is 8.98. The Hall–Kier alpha value is -1.77. The van der Waals surface area contributed by atoms with Crippen molar-refractivity contribution in [2.75, 3.05) is 18.1 Å². The second-order valence-electron chi connectivity index (χ2n) is 7.16. The molecule has 1 amide bonds. The predicted molar refractivity (Wildman–Crippen MR) is 110 cm³/mol. The molecule has 3 rings (SSSR count). The average molecular weight is 408 g/mol. The number of aromatic nitrogens is 1. The lowest BCUT2D eigenvalue weighted by Crippen LogP contribution is -2.49. The fourth-order valence-electron chi connectivity index (χ4n) is 3.44. The number of carbonyl (C=O) groups excluding carboxylic acids is 1. The molecule has 1 N–H and O–H groups in total. The zero-order chi connectivity index (χ0) is 19.8. The SMILES string of the molecule is Cc1cc(C)c(-c2csc(NC(=O)C3CCCCN3S(C)(=O)=O)n2)cc1C. The molecule has 2 aromatic rings. The van der Waals surface area contributed by atoms with E-state index < -0.39 is 16.1 Å². The molecule has 1 fully saturated rings. The zero-order valence-corrected chi connectivity index (χ0v) is 17.7. The number of benzene rings is 1. The molecule has 0 saturated carbocycles. The van der Waals surface area contributed by atoms with Gasteiger partial charge in [-0.15, -0.1) is 11.3 Å². The molecule has 1 unspecified atom stereocenters. The summed E-state index contributed by atoms with van der Waals surface area (Å²) in [5.41, 5.74) is 5.43. The van der Waals surface area contributed by atoms with E-state index in [2.05, 4.69) is 36.3 Å². The summed E-state index contributed by atoms with van der Waals surface area (Å²) in [4.78, 5) is 17.2. The van der Waals surface area contributed by atoms with Crippen LogP contribution in [0, 0.1) is 20.8 Å². The number of aryl methyl sites for hydroxylation is 3. The van der Waals surface area contributed by atoms with Gasteiger partial charge in [-0.1, -0.05) is 12.5 Å². The highest BCUT2D eigenvalue weighted by molar-refractivity contribution is 7.88. The molecule has 1 saturated heterocycles. The second-order valence-corrected chi connectivity index (χ2v) is 9.96. The first-order chi connectivity index (χ1) is 12.7. The quantitative estimate of drug-likeness (QED) is 0.841. The van der Waals surface area contributed by atoms with Gasteiger partial charge in [-0.3, -0.25) is 4.79 Å². The van der Waals surface area contributed by atoms with Gasteiger partial charge in [0.1, 0.15) is 6.04 Å². The maximum atomic E-state index is 12.7. The Kier molecular flexibility index (Phi) is 5.69.